The molecular formula is C23H28F3N5O3. The molecule has 184 valence electrons. The molecule has 1 aliphatic carbocycles. The zero-order valence-electron chi connectivity index (χ0n) is 19.3. The number of methoxy groups -OCH3 is 1. The highest BCUT2D eigenvalue weighted by atomic mass is 19.4. The Hall–Kier alpha value is -2.92. The van der Waals surface area contributed by atoms with Gasteiger partial charge < -0.3 is 25.4 Å². The number of ether oxygens (including phenoxy) is 1. The lowest BCUT2D eigenvalue weighted by Crippen LogP contribution is -2.38. The first-order valence-electron chi connectivity index (χ1n) is 11.1. The fourth-order valence-electron chi connectivity index (χ4n) is 4.38. The van der Waals surface area contributed by atoms with Crippen molar-refractivity contribution < 1.29 is 27.8 Å². The van der Waals surface area contributed by atoms with Crippen LogP contribution in [0.5, 0.6) is 0 Å². The molecule has 0 radical (unpaired) electrons. The van der Waals surface area contributed by atoms with Crippen LogP contribution in [-0.2, 0) is 28.8 Å². The van der Waals surface area contributed by atoms with E-state index in [-0.39, 0.29) is 43.7 Å². The molecule has 4 rings (SSSR count). The van der Waals surface area contributed by atoms with Crippen molar-refractivity contribution >= 4 is 17.7 Å². The molecule has 1 fully saturated rings. The molecule has 0 spiro atoms. The second-order valence-electron chi connectivity index (χ2n) is 8.71. The summed E-state index contributed by atoms with van der Waals surface area (Å²) >= 11 is 0. The number of anilines is 2. The number of nitrogens with zero attached hydrogens (tertiary/aromatic N) is 3. The first kappa shape index (κ1) is 24.2. The summed E-state index contributed by atoms with van der Waals surface area (Å²) in [7, 11) is 1.52. The van der Waals surface area contributed by atoms with Crippen LogP contribution in [0.2, 0.25) is 0 Å². The van der Waals surface area contributed by atoms with E-state index in [1.807, 2.05) is 0 Å². The average molecular weight is 480 g/mol. The summed E-state index contributed by atoms with van der Waals surface area (Å²) in [6.07, 6.45) is -3.11. The highest BCUT2D eigenvalue weighted by molar-refractivity contribution is 5.88. The van der Waals surface area contributed by atoms with Crippen LogP contribution in [-0.4, -0.2) is 51.7 Å². The Morgan fingerprint density at radius 3 is 2.65 bits per heavy atom. The maximum atomic E-state index is 13.4. The van der Waals surface area contributed by atoms with Crippen molar-refractivity contribution in [3.8, 4) is 0 Å². The van der Waals surface area contributed by atoms with E-state index in [1.54, 1.807) is 17.9 Å². The van der Waals surface area contributed by atoms with Gasteiger partial charge in [0.1, 0.15) is 11.4 Å². The third-order valence-electron chi connectivity index (χ3n) is 6.45. The van der Waals surface area contributed by atoms with E-state index in [0.29, 0.717) is 35.5 Å². The van der Waals surface area contributed by atoms with Crippen LogP contribution in [0.15, 0.2) is 18.2 Å². The molecule has 1 saturated carbocycles. The van der Waals surface area contributed by atoms with Crippen molar-refractivity contribution in [3.63, 3.8) is 0 Å². The van der Waals surface area contributed by atoms with Crippen LogP contribution in [0.25, 0.3) is 0 Å². The van der Waals surface area contributed by atoms with Crippen LogP contribution >= 0.6 is 0 Å². The standard InChI is InChI=1S/C23H28F3N5O3/c1-13-15(5-4-6-17(13)23(24,25)26)14(2)28-19-16-11-31(20(33)22(34-3)7-8-22)12-18(16)29-21(30-19)27-9-10-32/h4-6,14,32H,7-12H2,1-3H3,(H2,27,28,29,30)/t14-/m1/s1. The van der Waals surface area contributed by atoms with Gasteiger partial charge in [-0.1, -0.05) is 12.1 Å². The maximum Gasteiger partial charge on any atom is 0.416 e. The number of fused-ring (bicyclic) bond motifs is 1. The average Bonchev–Trinajstić information content (AvgIpc) is 3.47. The summed E-state index contributed by atoms with van der Waals surface area (Å²) in [6.45, 7) is 3.88. The molecule has 1 aromatic carbocycles. The first-order valence-corrected chi connectivity index (χ1v) is 11.1. The Bertz CT molecular complexity index is 1090. The fraction of sp³-hybridized carbons (Fsp3) is 0.522. The van der Waals surface area contributed by atoms with Crippen molar-refractivity contribution in [1.29, 1.82) is 0 Å². The molecule has 34 heavy (non-hydrogen) atoms. The highest BCUT2D eigenvalue weighted by Gasteiger charge is 2.53. The molecule has 2 aliphatic rings. The molecule has 2 aromatic rings. The summed E-state index contributed by atoms with van der Waals surface area (Å²) in [6, 6.07) is 3.62. The minimum atomic E-state index is -4.45. The van der Waals surface area contributed by atoms with Gasteiger partial charge in [-0.05, 0) is 43.9 Å². The molecule has 1 aromatic heterocycles. The van der Waals surface area contributed by atoms with Gasteiger partial charge in [0.15, 0.2) is 0 Å². The van der Waals surface area contributed by atoms with E-state index in [4.69, 9.17) is 9.84 Å². The maximum absolute atomic E-state index is 13.4. The number of aliphatic hydroxyl groups is 1. The number of hydrogen-bond acceptors (Lipinski definition) is 7. The number of nitrogens with one attached hydrogen (secondary N) is 2. The molecule has 1 aliphatic heterocycles. The van der Waals surface area contributed by atoms with Crippen molar-refractivity contribution in [2.45, 2.75) is 57.6 Å². The van der Waals surface area contributed by atoms with Gasteiger partial charge in [-0.25, -0.2) is 4.98 Å². The van der Waals surface area contributed by atoms with Crippen LogP contribution in [0.3, 0.4) is 0 Å². The van der Waals surface area contributed by atoms with E-state index >= 15 is 0 Å². The Kier molecular flexibility index (Phi) is 6.43. The molecule has 1 amide bonds. The summed E-state index contributed by atoms with van der Waals surface area (Å²) in [5, 5.41) is 15.3. The summed E-state index contributed by atoms with van der Waals surface area (Å²) in [4.78, 5) is 23.7. The van der Waals surface area contributed by atoms with E-state index in [1.165, 1.54) is 20.1 Å². The summed E-state index contributed by atoms with van der Waals surface area (Å²) in [5.74, 6) is 0.600. The third kappa shape index (κ3) is 4.54. The molecule has 1 atom stereocenters. The van der Waals surface area contributed by atoms with Crippen LogP contribution in [0.4, 0.5) is 24.9 Å². The highest BCUT2D eigenvalue weighted by Crippen LogP contribution is 2.43. The van der Waals surface area contributed by atoms with Gasteiger partial charge in [-0.3, -0.25) is 4.79 Å². The molecule has 0 saturated heterocycles. The molecule has 8 nitrogen and oxygen atoms in total. The Labute approximate surface area is 195 Å². The lowest BCUT2D eigenvalue weighted by molar-refractivity contribution is -0.145. The number of aliphatic hydroxyl groups excluding tert-OH is 1. The molecule has 3 N–H and O–H groups in total. The van der Waals surface area contributed by atoms with Gasteiger partial charge in [0.25, 0.3) is 5.91 Å². The van der Waals surface area contributed by atoms with Crippen LogP contribution < -0.4 is 10.6 Å². The van der Waals surface area contributed by atoms with Crippen molar-refractivity contribution in [1.82, 2.24) is 14.9 Å². The van der Waals surface area contributed by atoms with Gasteiger partial charge in [-0.15, -0.1) is 0 Å². The van der Waals surface area contributed by atoms with Gasteiger partial charge in [-0.2, -0.15) is 18.2 Å². The lowest BCUT2D eigenvalue weighted by atomic mass is 9.97. The number of benzene rings is 1. The molecule has 0 bridgehead atoms. The first-order chi connectivity index (χ1) is 16.1. The SMILES string of the molecule is COC1(C(=O)N2Cc3nc(NCCO)nc(N[C@H](C)c4cccc(C(F)(F)F)c4C)c3C2)CC1. The number of rotatable bonds is 8. The van der Waals surface area contributed by atoms with Gasteiger partial charge in [0.2, 0.25) is 5.95 Å². The third-order valence-corrected chi connectivity index (χ3v) is 6.45. The number of amides is 1. The molecular weight excluding hydrogens is 451 g/mol. The van der Waals surface area contributed by atoms with Crippen LogP contribution in [0.1, 0.15) is 53.8 Å². The van der Waals surface area contributed by atoms with Crippen molar-refractivity contribution in [2.75, 3.05) is 30.9 Å². The zero-order chi connectivity index (χ0) is 24.7. The minimum absolute atomic E-state index is 0.106. The quantitative estimate of drug-likeness (QED) is 0.534. The Morgan fingerprint density at radius 2 is 2.03 bits per heavy atom. The number of carbonyl (C=O) groups is 1. The van der Waals surface area contributed by atoms with Gasteiger partial charge >= 0.3 is 6.18 Å². The van der Waals surface area contributed by atoms with Crippen molar-refractivity contribution in [2.24, 2.45) is 0 Å². The van der Waals surface area contributed by atoms with E-state index in [0.717, 1.165) is 6.07 Å². The Morgan fingerprint density at radius 1 is 1.29 bits per heavy atom. The zero-order valence-corrected chi connectivity index (χ0v) is 19.3. The summed E-state index contributed by atoms with van der Waals surface area (Å²) in [5.41, 5.74) is 0.547. The number of halogens is 3. The second-order valence-corrected chi connectivity index (χ2v) is 8.71. The molecule has 0 unspecified atom stereocenters. The number of alkyl halides is 3. The number of hydrogen-bond donors (Lipinski definition) is 3. The lowest BCUT2D eigenvalue weighted by Gasteiger charge is -2.22. The normalized spacial score (nSPS) is 17.3. The van der Waals surface area contributed by atoms with E-state index in [9.17, 15) is 18.0 Å². The second kappa shape index (κ2) is 9.03. The van der Waals surface area contributed by atoms with Gasteiger partial charge in [0.05, 0.1) is 37.0 Å². The monoisotopic (exact) mass is 479 g/mol. The fourth-order valence-corrected chi connectivity index (χ4v) is 4.38. The minimum Gasteiger partial charge on any atom is -0.395 e. The van der Waals surface area contributed by atoms with Gasteiger partial charge in [0, 0.05) is 19.2 Å². The van der Waals surface area contributed by atoms with Crippen LogP contribution in [0, 0.1) is 6.92 Å². The number of carbonyl (C=O) groups excluding carboxylic acids is 1. The summed E-state index contributed by atoms with van der Waals surface area (Å²) < 4.78 is 45.6. The predicted octanol–water partition coefficient (Wildman–Crippen LogP) is 3.40. The number of aromatic nitrogens is 2. The Balaban J connectivity index is 1.64. The topological polar surface area (TPSA) is 99.6 Å². The predicted molar refractivity (Wildman–Crippen MR) is 119 cm³/mol. The molecule has 2 heterocycles. The van der Waals surface area contributed by atoms with E-state index < -0.39 is 23.4 Å². The van der Waals surface area contributed by atoms with E-state index in [2.05, 4.69) is 20.6 Å². The largest absolute Gasteiger partial charge is 0.416 e. The van der Waals surface area contributed by atoms with Crippen molar-refractivity contribution in [3.05, 3.63) is 46.1 Å². The molecule has 11 heteroatoms. The smallest absolute Gasteiger partial charge is 0.395 e.